The van der Waals surface area contributed by atoms with E-state index >= 15 is 0 Å². The minimum Gasteiger partial charge on any atom is -0.395 e. The van der Waals surface area contributed by atoms with Crippen LogP contribution in [-0.2, 0) is 10.4 Å². The molecule has 0 spiro atoms. The first-order chi connectivity index (χ1) is 12.7. The lowest BCUT2D eigenvalue weighted by molar-refractivity contribution is 0.159. The average molecular weight is 421 g/mol. The highest BCUT2D eigenvalue weighted by atomic mass is 32.3. The predicted molar refractivity (Wildman–Crippen MR) is 105 cm³/mol. The molecule has 0 unspecified atom stereocenters. The van der Waals surface area contributed by atoms with Gasteiger partial charge in [0.1, 0.15) is 0 Å². The molecule has 0 aromatic carbocycles. The van der Waals surface area contributed by atoms with Crippen molar-refractivity contribution < 1.29 is 37.9 Å². The van der Waals surface area contributed by atoms with Gasteiger partial charge < -0.3 is 20.4 Å². The molecular formula is C16H40N2O8S. The van der Waals surface area contributed by atoms with E-state index in [1.807, 2.05) is 0 Å². The van der Waals surface area contributed by atoms with Gasteiger partial charge in [-0.1, -0.05) is 26.7 Å². The maximum Gasteiger partial charge on any atom is 0.394 e. The van der Waals surface area contributed by atoms with Crippen molar-refractivity contribution in [3.05, 3.63) is 0 Å². The van der Waals surface area contributed by atoms with E-state index in [9.17, 15) is 0 Å². The van der Waals surface area contributed by atoms with Crippen LogP contribution in [0.2, 0.25) is 0 Å². The summed E-state index contributed by atoms with van der Waals surface area (Å²) in [6.07, 6.45) is 4.60. The third-order valence-electron chi connectivity index (χ3n) is 3.32. The van der Waals surface area contributed by atoms with E-state index in [0.29, 0.717) is 26.2 Å². The summed E-state index contributed by atoms with van der Waals surface area (Å²) in [7, 11) is -4.67. The standard InChI is InChI=1S/2C8H19NO2.H2O4S/c2*1-2-3-4-9(5-7-10)6-8-11;1-5(2,3)4/h2*10-11H,2-8H2,1H3;(H2,1,2,3,4). The molecule has 27 heavy (non-hydrogen) atoms. The summed E-state index contributed by atoms with van der Waals surface area (Å²) < 4.78 is 31.6. The van der Waals surface area contributed by atoms with Crippen LogP contribution in [0.1, 0.15) is 39.5 Å². The van der Waals surface area contributed by atoms with Crippen LogP contribution in [0, 0.1) is 0 Å². The molecule has 0 bridgehead atoms. The first kappa shape index (κ1) is 31.3. The fourth-order valence-corrected chi connectivity index (χ4v) is 2.00. The second-order valence-corrected chi connectivity index (χ2v) is 6.63. The molecule has 0 radical (unpaired) electrons. The Morgan fingerprint density at radius 2 is 0.815 bits per heavy atom. The van der Waals surface area contributed by atoms with E-state index in [2.05, 4.69) is 23.6 Å². The van der Waals surface area contributed by atoms with Crippen molar-refractivity contribution >= 4 is 10.4 Å². The maximum atomic E-state index is 8.74. The van der Waals surface area contributed by atoms with Crippen molar-refractivity contribution in [2.24, 2.45) is 0 Å². The van der Waals surface area contributed by atoms with Gasteiger partial charge in [-0.3, -0.25) is 18.9 Å². The van der Waals surface area contributed by atoms with E-state index in [0.717, 1.165) is 38.8 Å². The zero-order valence-corrected chi connectivity index (χ0v) is 17.5. The Kier molecular flexibility index (Phi) is 27.5. The fraction of sp³-hybridized carbons (Fsp3) is 1.00. The predicted octanol–water partition coefficient (Wildman–Crippen LogP) is -0.507. The molecule has 6 N–H and O–H groups in total. The van der Waals surface area contributed by atoms with Crippen molar-refractivity contribution in [2.45, 2.75) is 39.5 Å². The van der Waals surface area contributed by atoms with Gasteiger partial charge in [0, 0.05) is 26.2 Å². The molecule has 168 valence electrons. The van der Waals surface area contributed by atoms with Crippen LogP contribution in [0.5, 0.6) is 0 Å². The molecule has 0 heterocycles. The number of rotatable bonds is 14. The quantitative estimate of drug-likeness (QED) is 0.202. The highest BCUT2D eigenvalue weighted by Gasteiger charge is 2.01. The van der Waals surface area contributed by atoms with Crippen molar-refractivity contribution in [3.63, 3.8) is 0 Å². The van der Waals surface area contributed by atoms with Gasteiger partial charge in [0.2, 0.25) is 0 Å². The molecule has 11 heteroatoms. The molecule has 0 rings (SSSR count). The Morgan fingerprint density at radius 3 is 0.963 bits per heavy atom. The molecular weight excluding hydrogens is 380 g/mol. The Balaban J connectivity index is -0.000000344. The van der Waals surface area contributed by atoms with Crippen LogP contribution in [-0.4, -0.2) is 113 Å². The molecule has 0 aliphatic rings. The van der Waals surface area contributed by atoms with E-state index in [1.165, 1.54) is 0 Å². The lowest BCUT2D eigenvalue weighted by atomic mass is 10.3. The number of nitrogens with zero attached hydrogens (tertiary/aromatic N) is 2. The minimum atomic E-state index is -4.67. The normalized spacial score (nSPS) is 11.0. The molecule has 0 saturated carbocycles. The zero-order chi connectivity index (χ0) is 21.6. The van der Waals surface area contributed by atoms with Gasteiger partial charge in [-0.25, -0.2) is 0 Å². The molecule has 10 nitrogen and oxygen atoms in total. The average Bonchev–Trinajstić information content (AvgIpc) is 2.57. The Morgan fingerprint density at radius 1 is 0.593 bits per heavy atom. The molecule has 0 aliphatic carbocycles. The van der Waals surface area contributed by atoms with Gasteiger partial charge in [0.05, 0.1) is 26.4 Å². The van der Waals surface area contributed by atoms with Crippen LogP contribution in [0.3, 0.4) is 0 Å². The van der Waals surface area contributed by atoms with Gasteiger partial charge in [0.15, 0.2) is 0 Å². The van der Waals surface area contributed by atoms with E-state index < -0.39 is 10.4 Å². The van der Waals surface area contributed by atoms with Crippen LogP contribution < -0.4 is 0 Å². The molecule has 0 aromatic heterocycles. The summed E-state index contributed by atoms with van der Waals surface area (Å²) in [5.41, 5.74) is 0. The number of aliphatic hydroxyl groups is 4. The van der Waals surface area contributed by atoms with Crippen molar-refractivity contribution in [2.75, 3.05) is 65.7 Å². The summed E-state index contributed by atoms with van der Waals surface area (Å²) in [4.78, 5) is 4.15. The summed E-state index contributed by atoms with van der Waals surface area (Å²) in [5, 5.41) is 34.6. The Bertz CT molecular complexity index is 331. The second kappa shape index (κ2) is 23.7. The van der Waals surface area contributed by atoms with Gasteiger partial charge in [-0.05, 0) is 25.9 Å². The summed E-state index contributed by atoms with van der Waals surface area (Å²) in [6, 6.07) is 0. The largest absolute Gasteiger partial charge is 0.395 e. The lowest BCUT2D eigenvalue weighted by Crippen LogP contribution is -2.30. The zero-order valence-electron chi connectivity index (χ0n) is 16.7. The number of hydrogen-bond donors (Lipinski definition) is 6. The third-order valence-corrected chi connectivity index (χ3v) is 3.32. The van der Waals surface area contributed by atoms with Crippen molar-refractivity contribution in [1.82, 2.24) is 9.80 Å². The first-order valence-electron chi connectivity index (χ1n) is 9.27. The molecule has 0 aromatic rings. The molecule has 0 fully saturated rings. The number of aliphatic hydroxyl groups excluding tert-OH is 4. The van der Waals surface area contributed by atoms with Gasteiger partial charge in [-0.15, -0.1) is 0 Å². The smallest absolute Gasteiger partial charge is 0.394 e. The third kappa shape index (κ3) is 37.1. The fourth-order valence-electron chi connectivity index (χ4n) is 2.00. The maximum absolute atomic E-state index is 8.74. The molecule has 0 amide bonds. The van der Waals surface area contributed by atoms with Crippen LogP contribution in [0.15, 0.2) is 0 Å². The van der Waals surface area contributed by atoms with E-state index in [1.54, 1.807) is 0 Å². The monoisotopic (exact) mass is 420 g/mol. The van der Waals surface area contributed by atoms with Gasteiger partial charge in [-0.2, -0.15) is 8.42 Å². The Hall–Kier alpha value is -0.370. The second-order valence-electron chi connectivity index (χ2n) is 5.73. The van der Waals surface area contributed by atoms with Crippen LogP contribution >= 0.6 is 0 Å². The van der Waals surface area contributed by atoms with Gasteiger partial charge >= 0.3 is 10.4 Å². The first-order valence-corrected chi connectivity index (χ1v) is 10.7. The topological polar surface area (TPSA) is 162 Å². The SMILES string of the molecule is CCCCN(CCO)CCO.CCCCN(CCO)CCO.O=S(=O)(O)O. The van der Waals surface area contributed by atoms with Gasteiger partial charge in [0.25, 0.3) is 0 Å². The molecule has 0 saturated heterocycles. The highest BCUT2D eigenvalue weighted by Crippen LogP contribution is 1.94. The lowest BCUT2D eigenvalue weighted by Gasteiger charge is -2.19. The van der Waals surface area contributed by atoms with Crippen molar-refractivity contribution in [3.8, 4) is 0 Å². The number of hydrogen-bond acceptors (Lipinski definition) is 8. The highest BCUT2D eigenvalue weighted by molar-refractivity contribution is 7.79. The molecule has 0 aliphatic heterocycles. The van der Waals surface area contributed by atoms with Crippen LogP contribution in [0.25, 0.3) is 0 Å². The molecule has 0 atom stereocenters. The van der Waals surface area contributed by atoms with Crippen LogP contribution in [0.4, 0.5) is 0 Å². The minimum absolute atomic E-state index is 0.184. The Labute approximate surface area is 164 Å². The van der Waals surface area contributed by atoms with E-state index in [4.69, 9.17) is 37.9 Å². The summed E-state index contributed by atoms with van der Waals surface area (Å²) >= 11 is 0. The summed E-state index contributed by atoms with van der Waals surface area (Å²) in [5.74, 6) is 0. The summed E-state index contributed by atoms with van der Waals surface area (Å²) in [6.45, 7) is 9.70. The van der Waals surface area contributed by atoms with E-state index in [-0.39, 0.29) is 26.4 Å². The number of unbranched alkanes of at least 4 members (excludes halogenated alkanes) is 2. The van der Waals surface area contributed by atoms with Crippen molar-refractivity contribution in [1.29, 1.82) is 0 Å².